The van der Waals surface area contributed by atoms with E-state index in [4.69, 9.17) is 0 Å². The van der Waals surface area contributed by atoms with Crippen molar-refractivity contribution in [3.63, 3.8) is 0 Å². The molecule has 2 N–H and O–H groups in total. The molecule has 0 heterocycles. The number of hydrogen-bond acceptors (Lipinski definition) is 0. The van der Waals surface area contributed by atoms with Crippen LogP contribution in [0.5, 0.6) is 0 Å². The van der Waals surface area contributed by atoms with Crippen molar-refractivity contribution in [2.75, 3.05) is 0 Å². The second kappa shape index (κ2) is 5.82. The normalized spacial score (nSPS) is 51.0. The van der Waals surface area contributed by atoms with E-state index in [1.807, 2.05) is 0 Å². The van der Waals surface area contributed by atoms with Crippen molar-refractivity contribution in [1.82, 2.24) is 0 Å². The van der Waals surface area contributed by atoms with Crippen LogP contribution in [0.3, 0.4) is 0 Å². The summed E-state index contributed by atoms with van der Waals surface area (Å²) in [6.07, 6.45) is 10.4. The summed E-state index contributed by atoms with van der Waals surface area (Å²) in [4.78, 5) is 0. The third-order valence-corrected chi connectivity index (χ3v) is 7.65. The third-order valence-electron chi connectivity index (χ3n) is 7.65. The van der Waals surface area contributed by atoms with Gasteiger partial charge in [-0.3, -0.25) is 0 Å². The molecule has 3 fully saturated rings. The highest BCUT2D eigenvalue weighted by atomic mass is 15.0. The summed E-state index contributed by atoms with van der Waals surface area (Å²) in [6, 6.07) is 0. The van der Waals surface area contributed by atoms with Gasteiger partial charge in [-0.05, 0) is 68.6 Å². The minimum atomic E-state index is 0.381. The average Bonchev–Trinajstić information content (AvgIpc) is 2.76. The van der Waals surface area contributed by atoms with Crippen LogP contribution in [0.1, 0.15) is 53.4 Å². The molecule has 0 aromatic rings. The molecular formula is C21H35N. The van der Waals surface area contributed by atoms with Gasteiger partial charge in [-0.1, -0.05) is 38.2 Å². The number of hydrogen-bond donors (Lipinski definition) is 1. The van der Waals surface area contributed by atoms with Gasteiger partial charge in [0.05, 0.1) is 5.54 Å². The fourth-order valence-electron chi connectivity index (χ4n) is 6.40. The van der Waals surface area contributed by atoms with Gasteiger partial charge in [-0.2, -0.15) is 7.05 Å². The van der Waals surface area contributed by atoms with Gasteiger partial charge >= 0.3 is 0 Å². The zero-order valence-corrected chi connectivity index (χ0v) is 15.0. The van der Waals surface area contributed by atoms with Gasteiger partial charge in [0.15, 0.2) is 0 Å². The highest BCUT2D eigenvalue weighted by Gasteiger charge is 2.60. The molecule has 8 atom stereocenters. The maximum absolute atomic E-state index is 4.21. The van der Waals surface area contributed by atoms with E-state index in [0.717, 1.165) is 41.4 Å². The van der Waals surface area contributed by atoms with Crippen molar-refractivity contribution in [3.8, 4) is 0 Å². The molecule has 0 radical (unpaired) electrons. The van der Waals surface area contributed by atoms with Gasteiger partial charge < -0.3 is 5.32 Å². The second-order valence-corrected chi connectivity index (χ2v) is 8.87. The SMILES string of the molecule is C=C(C)/C=C/[C@H]1[C@H](C)[C@H]2CC[C@](C)([NH2+][CH2-])[C@H]3CC[C@@H](C)[C@@H]1[C@H]23. The Balaban J connectivity index is 1.95. The van der Waals surface area contributed by atoms with Crippen LogP contribution in [0.25, 0.3) is 0 Å². The summed E-state index contributed by atoms with van der Waals surface area (Å²) >= 11 is 0. The van der Waals surface area contributed by atoms with E-state index in [2.05, 4.69) is 58.8 Å². The lowest BCUT2D eigenvalue weighted by atomic mass is 9.55. The van der Waals surface area contributed by atoms with Crippen LogP contribution in [0.15, 0.2) is 24.3 Å². The molecular weight excluding hydrogens is 266 g/mol. The fourth-order valence-corrected chi connectivity index (χ4v) is 6.40. The monoisotopic (exact) mass is 301 g/mol. The first kappa shape index (κ1) is 16.3. The van der Waals surface area contributed by atoms with Gasteiger partial charge in [-0.25, -0.2) is 0 Å². The van der Waals surface area contributed by atoms with E-state index >= 15 is 0 Å². The molecule has 0 aromatic heterocycles. The van der Waals surface area contributed by atoms with Crippen LogP contribution in [0.2, 0.25) is 0 Å². The van der Waals surface area contributed by atoms with E-state index in [1.54, 1.807) is 0 Å². The number of allylic oxidation sites excluding steroid dienone is 3. The standard InChI is InChI=1S/C21H35N/c1-13(2)7-9-16-15(4)17-11-12-21(5,22-6)18-10-8-14(3)19(16)20(17)18/h7,9,14-20H,1,6,8,10-12,22H2,2-5H3/b9-7+/t14-,15+,16+,17-,18+,19+,20-,21+/m1/s1. The molecule has 3 saturated carbocycles. The summed E-state index contributed by atoms with van der Waals surface area (Å²) in [7, 11) is 4.21. The summed E-state index contributed by atoms with van der Waals surface area (Å²) in [5.41, 5.74) is 1.57. The summed E-state index contributed by atoms with van der Waals surface area (Å²) in [5, 5.41) is 2.29. The number of nitrogens with two attached hydrogens (primary N) is 1. The fraction of sp³-hybridized carbons (Fsp3) is 0.762. The molecule has 124 valence electrons. The topological polar surface area (TPSA) is 16.6 Å². The van der Waals surface area contributed by atoms with Crippen molar-refractivity contribution in [1.29, 1.82) is 0 Å². The Bertz CT molecular complexity index is 465. The van der Waals surface area contributed by atoms with Crippen LogP contribution in [0.4, 0.5) is 0 Å². The van der Waals surface area contributed by atoms with Crippen molar-refractivity contribution in [2.45, 2.75) is 58.9 Å². The second-order valence-electron chi connectivity index (χ2n) is 8.87. The lowest BCUT2D eigenvalue weighted by Crippen LogP contribution is -2.94. The van der Waals surface area contributed by atoms with Crippen molar-refractivity contribution in [2.24, 2.45) is 41.4 Å². The van der Waals surface area contributed by atoms with Crippen LogP contribution in [-0.2, 0) is 0 Å². The van der Waals surface area contributed by atoms with E-state index in [9.17, 15) is 0 Å². The molecule has 0 unspecified atom stereocenters. The molecule has 0 aromatic carbocycles. The average molecular weight is 302 g/mol. The Morgan fingerprint density at radius 3 is 2.59 bits per heavy atom. The molecule has 0 saturated heterocycles. The Kier molecular flexibility index (Phi) is 4.31. The highest BCUT2D eigenvalue weighted by Crippen LogP contribution is 2.62. The largest absolute Gasteiger partial charge is 0.474 e. The van der Waals surface area contributed by atoms with E-state index < -0.39 is 0 Å². The van der Waals surface area contributed by atoms with Crippen molar-refractivity contribution in [3.05, 3.63) is 31.4 Å². The summed E-state index contributed by atoms with van der Waals surface area (Å²) in [6.45, 7) is 13.7. The van der Waals surface area contributed by atoms with Gasteiger partial charge in [0.2, 0.25) is 0 Å². The predicted octanol–water partition coefficient (Wildman–Crippen LogP) is 4.19. The van der Waals surface area contributed by atoms with Gasteiger partial charge in [0, 0.05) is 12.3 Å². The summed E-state index contributed by atoms with van der Waals surface area (Å²) in [5.74, 6) is 6.09. The van der Waals surface area contributed by atoms with Crippen molar-refractivity contribution < 1.29 is 5.32 Å². The predicted molar refractivity (Wildman–Crippen MR) is 93.9 cm³/mol. The molecule has 1 nitrogen and oxygen atoms in total. The van der Waals surface area contributed by atoms with Crippen LogP contribution in [-0.4, -0.2) is 5.54 Å². The van der Waals surface area contributed by atoms with E-state index in [1.165, 1.54) is 31.3 Å². The number of quaternary nitrogens is 1. The van der Waals surface area contributed by atoms with Crippen LogP contribution < -0.4 is 5.32 Å². The molecule has 3 aliphatic carbocycles. The highest BCUT2D eigenvalue weighted by molar-refractivity contribution is 5.17. The first-order valence-electron chi connectivity index (χ1n) is 9.36. The molecule has 0 aliphatic heterocycles. The van der Waals surface area contributed by atoms with Gasteiger partial charge in [0.1, 0.15) is 0 Å². The smallest absolute Gasteiger partial charge is 0.0726 e. The van der Waals surface area contributed by atoms with E-state index in [-0.39, 0.29) is 0 Å². The first-order valence-corrected chi connectivity index (χ1v) is 9.36. The molecule has 0 spiro atoms. The Morgan fingerprint density at radius 2 is 1.95 bits per heavy atom. The maximum atomic E-state index is 4.21. The molecule has 3 aliphatic rings. The van der Waals surface area contributed by atoms with Gasteiger partial charge in [-0.15, -0.1) is 0 Å². The lowest BCUT2D eigenvalue weighted by molar-refractivity contribution is -0.687. The van der Waals surface area contributed by atoms with E-state index in [0.29, 0.717) is 5.54 Å². The van der Waals surface area contributed by atoms with Gasteiger partial charge in [0.25, 0.3) is 0 Å². The Hall–Kier alpha value is -0.560. The molecule has 0 bridgehead atoms. The summed E-state index contributed by atoms with van der Waals surface area (Å²) < 4.78 is 0. The Morgan fingerprint density at radius 1 is 1.23 bits per heavy atom. The van der Waals surface area contributed by atoms with Crippen LogP contribution in [0, 0.1) is 48.5 Å². The van der Waals surface area contributed by atoms with Crippen molar-refractivity contribution >= 4 is 0 Å². The molecule has 1 heteroatoms. The molecule has 0 amide bonds. The quantitative estimate of drug-likeness (QED) is 0.595. The Labute approximate surface area is 137 Å². The van der Waals surface area contributed by atoms with Crippen LogP contribution >= 0.6 is 0 Å². The minimum Gasteiger partial charge on any atom is -0.474 e. The first-order chi connectivity index (χ1) is 10.4. The molecule has 22 heavy (non-hydrogen) atoms. The number of rotatable bonds is 3. The molecule has 3 rings (SSSR count). The zero-order valence-electron chi connectivity index (χ0n) is 15.0. The minimum absolute atomic E-state index is 0.381. The zero-order chi connectivity index (χ0) is 16.1. The maximum Gasteiger partial charge on any atom is 0.0726 e. The lowest BCUT2D eigenvalue weighted by Gasteiger charge is -2.53. The third kappa shape index (κ3) is 2.40.